The zero-order valence-electron chi connectivity index (χ0n) is 19.1. The fourth-order valence-corrected chi connectivity index (χ4v) is 4.85. The molecule has 0 saturated carbocycles. The van der Waals surface area contributed by atoms with Crippen LogP contribution in [0.1, 0.15) is 15.4 Å². The Bertz CT molecular complexity index is 1540. The van der Waals surface area contributed by atoms with E-state index < -0.39 is 18.5 Å². The Morgan fingerprint density at radius 2 is 1.67 bits per heavy atom. The van der Waals surface area contributed by atoms with Gasteiger partial charge in [-0.05, 0) is 61.5 Å². The van der Waals surface area contributed by atoms with Gasteiger partial charge >= 0.3 is 5.97 Å². The molecule has 0 bridgehead atoms. The van der Waals surface area contributed by atoms with E-state index in [0.717, 1.165) is 27.3 Å². The van der Waals surface area contributed by atoms with Gasteiger partial charge in [-0.15, -0.1) is 11.3 Å². The number of esters is 1. The molecule has 9 heteroatoms. The molecule has 1 amide bonds. The van der Waals surface area contributed by atoms with E-state index in [4.69, 9.17) is 21.1 Å². The van der Waals surface area contributed by atoms with Crippen molar-refractivity contribution in [3.8, 4) is 17.2 Å². The molecule has 180 valence electrons. The van der Waals surface area contributed by atoms with Crippen molar-refractivity contribution in [1.29, 1.82) is 0 Å². The smallest absolute Gasteiger partial charge is 0.348 e. The molecule has 0 fully saturated rings. The van der Waals surface area contributed by atoms with Gasteiger partial charge in [0, 0.05) is 11.1 Å². The lowest BCUT2D eigenvalue weighted by molar-refractivity contribution is -0.119. The second-order valence-corrected chi connectivity index (χ2v) is 9.28. The molecule has 0 atom stereocenters. The number of anilines is 1. The van der Waals surface area contributed by atoms with Crippen LogP contribution in [0.2, 0.25) is 5.02 Å². The number of rotatable bonds is 7. The molecule has 36 heavy (non-hydrogen) atoms. The number of nitrogens with one attached hydrogen (secondary N) is 1. The molecule has 0 unspecified atom stereocenters. The summed E-state index contributed by atoms with van der Waals surface area (Å²) in [5, 5.41) is 8.64. The Balaban J connectivity index is 1.20. The third-order valence-electron chi connectivity index (χ3n) is 5.28. The number of hydrogen-bond donors (Lipinski definition) is 1. The number of fused-ring (bicyclic) bond motifs is 1. The van der Waals surface area contributed by atoms with Crippen molar-refractivity contribution in [1.82, 2.24) is 9.78 Å². The van der Waals surface area contributed by atoms with Gasteiger partial charge in [-0.1, -0.05) is 41.9 Å². The largest absolute Gasteiger partial charge is 0.457 e. The highest BCUT2D eigenvalue weighted by atomic mass is 35.5. The maximum Gasteiger partial charge on any atom is 0.348 e. The lowest BCUT2D eigenvalue weighted by Crippen LogP contribution is -2.20. The number of para-hydroxylation sites is 2. The van der Waals surface area contributed by atoms with E-state index in [1.165, 1.54) is 11.3 Å². The number of nitrogens with zero attached hydrogens (tertiary/aromatic N) is 2. The van der Waals surface area contributed by atoms with E-state index in [1.807, 2.05) is 55.5 Å². The van der Waals surface area contributed by atoms with Crippen molar-refractivity contribution in [2.45, 2.75) is 6.92 Å². The molecular weight excluding hydrogens is 498 g/mol. The van der Waals surface area contributed by atoms with Crippen molar-refractivity contribution in [3.63, 3.8) is 0 Å². The fraction of sp³-hybridized carbons (Fsp3) is 0.0741. The van der Waals surface area contributed by atoms with Crippen molar-refractivity contribution in [2.75, 3.05) is 11.9 Å². The first kappa shape index (κ1) is 23.6. The number of benzene rings is 3. The zero-order valence-corrected chi connectivity index (χ0v) is 20.7. The Morgan fingerprint density at radius 1 is 0.972 bits per heavy atom. The molecule has 0 aliphatic rings. The van der Waals surface area contributed by atoms with Gasteiger partial charge < -0.3 is 14.8 Å². The first-order chi connectivity index (χ1) is 17.5. The number of carbonyl (C=O) groups is 2. The van der Waals surface area contributed by atoms with Crippen molar-refractivity contribution in [3.05, 3.63) is 101 Å². The normalized spacial score (nSPS) is 10.8. The summed E-state index contributed by atoms with van der Waals surface area (Å²) in [5.41, 5.74) is 2.05. The summed E-state index contributed by atoms with van der Waals surface area (Å²) in [7, 11) is 0. The predicted molar refractivity (Wildman–Crippen MR) is 141 cm³/mol. The number of halogens is 1. The van der Waals surface area contributed by atoms with Crippen LogP contribution in [-0.4, -0.2) is 28.3 Å². The van der Waals surface area contributed by atoms with Gasteiger partial charge in [0.05, 0.1) is 16.4 Å². The molecule has 3 aromatic carbocycles. The standard InChI is InChI=1S/C27H20ClN3O4S/c1-17-21-15-24(36-26(21)31(30-17)23-10-6-5-9-22(23)28)27(33)34-16-25(32)29-18-11-13-20(14-12-18)35-19-7-3-2-4-8-19/h2-15H,16H2,1H3,(H,29,32). The molecule has 5 rings (SSSR count). The predicted octanol–water partition coefficient (Wildman–Crippen LogP) is 6.64. The second-order valence-electron chi connectivity index (χ2n) is 7.84. The molecule has 0 radical (unpaired) electrons. The minimum absolute atomic E-state index is 0.376. The molecule has 2 aromatic heterocycles. The first-order valence-electron chi connectivity index (χ1n) is 11.0. The lowest BCUT2D eigenvalue weighted by atomic mass is 10.3. The van der Waals surface area contributed by atoms with Gasteiger partial charge in [-0.3, -0.25) is 4.79 Å². The fourth-order valence-electron chi connectivity index (χ4n) is 3.56. The number of amides is 1. The Labute approximate surface area is 215 Å². The number of ether oxygens (including phenoxy) is 2. The van der Waals surface area contributed by atoms with Crippen LogP contribution in [0.25, 0.3) is 15.9 Å². The molecule has 0 saturated heterocycles. The molecule has 7 nitrogen and oxygen atoms in total. The van der Waals surface area contributed by atoms with Gasteiger partial charge in [0.2, 0.25) is 0 Å². The van der Waals surface area contributed by atoms with E-state index >= 15 is 0 Å². The van der Waals surface area contributed by atoms with Gasteiger partial charge in [-0.2, -0.15) is 5.10 Å². The minimum Gasteiger partial charge on any atom is -0.457 e. The van der Waals surface area contributed by atoms with Crippen molar-refractivity contribution in [2.24, 2.45) is 0 Å². The van der Waals surface area contributed by atoms with Crippen LogP contribution >= 0.6 is 22.9 Å². The third-order valence-corrected chi connectivity index (χ3v) is 6.69. The van der Waals surface area contributed by atoms with Crippen LogP contribution < -0.4 is 10.1 Å². The molecule has 5 aromatic rings. The highest BCUT2D eigenvalue weighted by Crippen LogP contribution is 2.32. The molecule has 0 spiro atoms. The number of hydrogen-bond acceptors (Lipinski definition) is 6. The van der Waals surface area contributed by atoms with Gasteiger partial charge in [-0.25, -0.2) is 9.48 Å². The summed E-state index contributed by atoms with van der Waals surface area (Å²) in [6.07, 6.45) is 0. The van der Waals surface area contributed by atoms with Crippen LogP contribution in [0.15, 0.2) is 84.9 Å². The van der Waals surface area contributed by atoms with Crippen LogP contribution in [-0.2, 0) is 9.53 Å². The monoisotopic (exact) mass is 517 g/mol. The maximum absolute atomic E-state index is 12.6. The first-order valence-corrected chi connectivity index (χ1v) is 12.2. The lowest BCUT2D eigenvalue weighted by Gasteiger charge is -2.08. The second kappa shape index (κ2) is 10.2. The molecular formula is C27H20ClN3O4S. The van der Waals surface area contributed by atoms with E-state index in [-0.39, 0.29) is 0 Å². The van der Waals surface area contributed by atoms with Crippen LogP contribution in [0.4, 0.5) is 5.69 Å². The highest BCUT2D eigenvalue weighted by Gasteiger charge is 2.19. The molecule has 0 aliphatic heterocycles. The summed E-state index contributed by atoms with van der Waals surface area (Å²) >= 11 is 7.57. The average Bonchev–Trinajstić information content (AvgIpc) is 3.45. The van der Waals surface area contributed by atoms with E-state index in [1.54, 1.807) is 41.1 Å². The Hall–Kier alpha value is -4.14. The van der Waals surface area contributed by atoms with Crippen LogP contribution in [0.3, 0.4) is 0 Å². The summed E-state index contributed by atoms with van der Waals surface area (Å²) < 4.78 is 12.7. The van der Waals surface area contributed by atoms with E-state index in [9.17, 15) is 9.59 Å². The van der Waals surface area contributed by atoms with Crippen LogP contribution in [0, 0.1) is 6.92 Å². The van der Waals surface area contributed by atoms with E-state index in [2.05, 4.69) is 10.4 Å². The van der Waals surface area contributed by atoms with Gasteiger partial charge in [0.15, 0.2) is 6.61 Å². The quantitative estimate of drug-likeness (QED) is 0.245. The zero-order chi connectivity index (χ0) is 25.1. The molecule has 0 aliphatic carbocycles. The molecule has 1 N–H and O–H groups in total. The average molecular weight is 518 g/mol. The Morgan fingerprint density at radius 3 is 2.42 bits per heavy atom. The summed E-state index contributed by atoms with van der Waals surface area (Å²) in [6.45, 7) is 1.45. The van der Waals surface area contributed by atoms with E-state index in [0.29, 0.717) is 21.3 Å². The number of aryl methyl sites for hydroxylation is 1. The topological polar surface area (TPSA) is 82.5 Å². The number of thiophene rings is 1. The van der Waals surface area contributed by atoms with Gasteiger partial charge in [0.25, 0.3) is 5.91 Å². The van der Waals surface area contributed by atoms with Gasteiger partial charge in [0.1, 0.15) is 21.2 Å². The highest BCUT2D eigenvalue weighted by molar-refractivity contribution is 7.20. The Kier molecular flexibility index (Phi) is 6.71. The maximum atomic E-state index is 12.6. The van der Waals surface area contributed by atoms with Crippen molar-refractivity contribution >= 4 is 50.7 Å². The summed E-state index contributed by atoms with van der Waals surface area (Å²) in [4.78, 5) is 26.1. The molecule has 2 heterocycles. The SMILES string of the molecule is Cc1nn(-c2ccccc2Cl)c2sc(C(=O)OCC(=O)Nc3ccc(Oc4ccccc4)cc3)cc12. The summed E-state index contributed by atoms with van der Waals surface area (Å²) in [5.74, 6) is 0.334. The number of aromatic nitrogens is 2. The van der Waals surface area contributed by atoms with Crippen molar-refractivity contribution < 1.29 is 19.1 Å². The summed E-state index contributed by atoms with van der Waals surface area (Å²) in [6, 6.07) is 25.4. The minimum atomic E-state index is -0.580. The van der Waals surface area contributed by atoms with Crippen LogP contribution in [0.5, 0.6) is 11.5 Å². The third kappa shape index (κ3) is 5.10. The number of carbonyl (C=O) groups excluding carboxylic acids is 2.